The van der Waals surface area contributed by atoms with Gasteiger partial charge in [-0.1, -0.05) is 302 Å². The second-order valence-electron chi connectivity index (χ2n) is 32.2. The summed E-state index contributed by atoms with van der Waals surface area (Å²) in [5, 5.41) is 15.0. The average molecular weight is 1450 g/mol. The molecule has 4 heterocycles. The number of rotatable bonds is 11. The molecule has 7 heteroatoms. The minimum Gasteiger partial charge on any atom is -0.310 e. The SMILES string of the molecule is [C-]#[N+]c1ccc(-c2cc(-c3ccccc3)c(N3c4cc(-n5c6ccccc6c6ccccc65)ccc4B4c5ccc(-n6c7ccccc7c7ccccc76)cc5N(c5c(-c6ccccc6)cc(-c6ccc(C#N)cc6)cc5-c5ccc(C(C)(C)C)cc5)c5cc(-c6ccccc6)cc3c54)c(-c3ccc(C(C)(C)C)cc3)c2)cc1. The van der Waals surface area contributed by atoms with Crippen LogP contribution >= 0.6 is 0 Å². The summed E-state index contributed by atoms with van der Waals surface area (Å²) in [5.41, 5.74) is 34.5. The predicted octanol–water partition coefficient (Wildman–Crippen LogP) is 26.6. The Morgan fingerprint density at radius 3 is 0.965 bits per heavy atom. The van der Waals surface area contributed by atoms with Crippen LogP contribution in [0.4, 0.5) is 39.8 Å². The molecule has 0 unspecified atom stereocenters. The number of fused-ring (bicyclic) bond motifs is 10. The van der Waals surface area contributed by atoms with Gasteiger partial charge in [-0.15, -0.1) is 0 Å². The Labute approximate surface area is 660 Å². The zero-order valence-corrected chi connectivity index (χ0v) is 63.8. The molecule has 0 saturated heterocycles. The van der Waals surface area contributed by atoms with E-state index in [0.717, 1.165) is 162 Å². The summed E-state index contributed by atoms with van der Waals surface area (Å²) in [6.07, 6.45) is 0. The van der Waals surface area contributed by atoms with Crippen LogP contribution in [0.15, 0.2) is 358 Å². The smallest absolute Gasteiger partial charge is 0.252 e. The Bertz CT molecular complexity index is 6420. The third-order valence-corrected chi connectivity index (χ3v) is 23.5. The van der Waals surface area contributed by atoms with E-state index in [4.69, 9.17) is 6.57 Å². The first-order valence-corrected chi connectivity index (χ1v) is 39.0. The van der Waals surface area contributed by atoms with Crippen LogP contribution in [0.1, 0.15) is 58.2 Å². The van der Waals surface area contributed by atoms with Crippen LogP contribution in [-0.2, 0) is 10.8 Å². The Morgan fingerprint density at radius 2 is 0.611 bits per heavy atom. The zero-order chi connectivity index (χ0) is 76.4. The first-order chi connectivity index (χ1) is 55.2. The maximum absolute atomic E-state index is 10.3. The zero-order valence-electron chi connectivity index (χ0n) is 63.8. The minimum absolute atomic E-state index is 0.115. The van der Waals surface area contributed by atoms with E-state index in [1.807, 2.05) is 24.3 Å². The molecule has 0 bridgehead atoms. The van der Waals surface area contributed by atoms with Crippen molar-refractivity contribution in [3.05, 3.63) is 386 Å². The lowest BCUT2D eigenvalue weighted by atomic mass is 9.33. The normalized spacial score (nSPS) is 12.4. The van der Waals surface area contributed by atoms with Gasteiger partial charge in [0.1, 0.15) is 0 Å². The molecule has 16 aromatic carbocycles. The molecule has 113 heavy (non-hydrogen) atoms. The number of hydrogen-bond donors (Lipinski definition) is 0. The Kier molecular flexibility index (Phi) is 16.2. The quantitative estimate of drug-likeness (QED) is 0.0958. The monoisotopic (exact) mass is 1440 g/mol. The van der Waals surface area contributed by atoms with E-state index in [1.165, 1.54) is 32.7 Å². The standard InChI is InChI=1S/C106H77BN6/c1-105(2,3)79-49-43-74(44-50-79)90-61-76(70-41-39-68(67-108)40-42-70)59-88(72-27-13-9-14-28-72)103(90)112-98-65-82(110-94-35-21-17-31-84(94)85-32-18-22-36-95(85)110)55-57-92(98)107-93-58-56-83(111-96-37-23-19-33-86(96)87-34-20-24-38-97(87)111)66-99(93)113(101-64-78(63-100(112)102(101)107)69-25-11-8-12-26-69)104-89(73-29-15-10-16-30-73)60-77(71-47-53-81(109-7)54-48-71)62-91(104)75-45-51-80(52-46-75)106(4,5)6/h8-66H,1-6H3. The fourth-order valence-electron chi connectivity index (χ4n) is 17.9. The summed E-state index contributed by atoms with van der Waals surface area (Å²) in [6.45, 7) is 21.5. The molecular weight excluding hydrogens is 1370 g/mol. The Hall–Kier alpha value is -14.2. The van der Waals surface area contributed by atoms with Gasteiger partial charge in [0.05, 0.1) is 51.6 Å². The van der Waals surface area contributed by atoms with Crippen molar-refractivity contribution in [2.24, 2.45) is 0 Å². The van der Waals surface area contributed by atoms with Crippen LogP contribution in [-0.4, -0.2) is 15.8 Å². The lowest BCUT2D eigenvalue weighted by Crippen LogP contribution is -2.61. The molecule has 6 nitrogen and oxygen atoms in total. The summed E-state index contributed by atoms with van der Waals surface area (Å²) < 4.78 is 4.95. The summed E-state index contributed by atoms with van der Waals surface area (Å²) in [7, 11) is 0. The largest absolute Gasteiger partial charge is 0.310 e. The summed E-state index contributed by atoms with van der Waals surface area (Å²) in [4.78, 5) is 9.21. The molecule has 2 aromatic heterocycles. The molecule has 0 spiro atoms. The van der Waals surface area contributed by atoms with Gasteiger partial charge in [0.15, 0.2) is 5.69 Å². The lowest BCUT2D eigenvalue weighted by molar-refractivity contribution is 0.590. The Balaban J connectivity index is 0.978. The van der Waals surface area contributed by atoms with Crippen LogP contribution in [0.2, 0.25) is 0 Å². The van der Waals surface area contributed by atoms with Crippen molar-refractivity contribution in [1.29, 1.82) is 5.26 Å². The highest BCUT2D eigenvalue weighted by atomic mass is 15.2. The van der Waals surface area contributed by atoms with Crippen LogP contribution in [0.3, 0.4) is 0 Å². The molecule has 0 amide bonds. The maximum Gasteiger partial charge on any atom is 0.252 e. The van der Waals surface area contributed by atoms with Crippen molar-refractivity contribution >= 4 is 107 Å². The number of para-hydroxylation sites is 4. The average Bonchev–Trinajstić information content (AvgIpc) is 0.782. The molecule has 0 aliphatic carbocycles. The number of hydrogen-bond acceptors (Lipinski definition) is 3. The topological polar surface area (TPSA) is 44.5 Å². The van der Waals surface area contributed by atoms with E-state index < -0.39 is 0 Å². The van der Waals surface area contributed by atoms with Gasteiger partial charge in [0.2, 0.25) is 0 Å². The van der Waals surface area contributed by atoms with Gasteiger partial charge in [-0.2, -0.15) is 5.26 Å². The van der Waals surface area contributed by atoms with E-state index in [0.29, 0.717) is 11.3 Å². The first kappa shape index (κ1) is 68.1. The molecule has 0 saturated carbocycles. The third-order valence-electron chi connectivity index (χ3n) is 23.5. The van der Waals surface area contributed by atoms with Crippen molar-refractivity contribution in [2.45, 2.75) is 52.4 Å². The van der Waals surface area contributed by atoms with E-state index in [2.05, 4.69) is 405 Å². The molecule has 2 aliphatic rings. The maximum atomic E-state index is 10.3. The summed E-state index contributed by atoms with van der Waals surface area (Å²) in [5.74, 6) is 0. The second-order valence-corrected chi connectivity index (χ2v) is 32.2. The van der Waals surface area contributed by atoms with Crippen LogP contribution in [0.25, 0.3) is 138 Å². The van der Waals surface area contributed by atoms with E-state index in [1.54, 1.807) is 0 Å². The fourth-order valence-corrected chi connectivity index (χ4v) is 17.9. The van der Waals surface area contributed by atoms with Gasteiger partial charge in [0.25, 0.3) is 6.71 Å². The third kappa shape index (κ3) is 11.5. The molecule has 0 atom stereocenters. The van der Waals surface area contributed by atoms with Crippen LogP contribution in [0, 0.1) is 17.9 Å². The number of nitrogens with zero attached hydrogens (tertiary/aromatic N) is 6. The van der Waals surface area contributed by atoms with Crippen LogP contribution < -0.4 is 26.2 Å². The molecule has 0 N–H and O–H groups in total. The fraction of sp³-hybridized carbons (Fsp3) is 0.0755. The highest BCUT2D eigenvalue weighted by Gasteiger charge is 2.46. The van der Waals surface area contributed by atoms with Gasteiger partial charge in [-0.05, 0) is 191 Å². The Morgan fingerprint density at radius 1 is 0.301 bits per heavy atom. The molecule has 2 aliphatic heterocycles. The van der Waals surface area contributed by atoms with Crippen molar-refractivity contribution in [3.8, 4) is 95.3 Å². The molecule has 0 radical (unpaired) electrons. The van der Waals surface area contributed by atoms with Crippen molar-refractivity contribution in [3.63, 3.8) is 0 Å². The molecular formula is C106H77BN6. The molecule has 0 fully saturated rings. The van der Waals surface area contributed by atoms with Gasteiger partial charge >= 0.3 is 0 Å². The second kappa shape index (κ2) is 26.8. The van der Waals surface area contributed by atoms with Gasteiger partial charge in [-0.25, -0.2) is 4.85 Å². The summed E-state index contributed by atoms with van der Waals surface area (Å²) in [6, 6.07) is 135. The first-order valence-electron chi connectivity index (χ1n) is 39.0. The number of benzene rings is 16. The van der Waals surface area contributed by atoms with Crippen molar-refractivity contribution < 1.29 is 0 Å². The molecule has 18 aromatic rings. The number of anilines is 6. The molecule has 20 rings (SSSR count). The highest BCUT2D eigenvalue weighted by Crippen LogP contribution is 2.56. The van der Waals surface area contributed by atoms with Gasteiger partial charge in [-0.3, -0.25) is 0 Å². The van der Waals surface area contributed by atoms with Crippen molar-refractivity contribution in [2.75, 3.05) is 9.80 Å². The van der Waals surface area contributed by atoms with E-state index >= 15 is 0 Å². The minimum atomic E-state index is -0.343. The van der Waals surface area contributed by atoms with Gasteiger partial charge in [0, 0.05) is 77.9 Å². The predicted molar refractivity (Wildman–Crippen MR) is 476 cm³/mol. The number of nitriles is 1. The lowest BCUT2D eigenvalue weighted by Gasteiger charge is -2.46. The highest BCUT2D eigenvalue weighted by molar-refractivity contribution is 7.00. The molecule has 534 valence electrons. The van der Waals surface area contributed by atoms with E-state index in [9.17, 15) is 5.26 Å². The van der Waals surface area contributed by atoms with Gasteiger partial charge < -0.3 is 18.9 Å². The number of aromatic nitrogens is 2. The van der Waals surface area contributed by atoms with E-state index in [-0.39, 0.29) is 17.5 Å². The summed E-state index contributed by atoms with van der Waals surface area (Å²) >= 11 is 0. The van der Waals surface area contributed by atoms with Crippen molar-refractivity contribution in [1.82, 2.24) is 9.13 Å². The van der Waals surface area contributed by atoms with Crippen LogP contribution in [0.5, 0.6) is 0 Å².